The van der Waals surface area contributed by atoms with Crippen molar-refractivity contribution in [1.29, 1.82) is 0 Å². The number of carbonyl (C=O) groups is 3. The third-order valence-corrected chi connectivity index (χ3v) is 7.53. The van der Waals surface area contributed by atoms with Gasteiger partial charge >= 0.3 is 11.9 Å². The number of benzene rings is 2. The van der Waals surface area contributed by atoms with Crippen molar-refractivity contribution in [3.63, 3.8) is 0 Å². The fourth-order valence-electron chi connectivity index (χ4n) is 5.88. The van der Waals surface area contributed by atoms with Gasteiger partial charge in [-0.1, -0.05) is 51.1 Å². The molecule has 2 aromatic rings. The number of hydrogen-bond donors (Lipinski definition) is 0. The van der Waals surface area contributed by atoms with Crippen LogP contribution in [0.2, 0.25) is 0 Å². The molecule has 2 fully saturated rings. The summed E-state index contributed by atoms with van der Waals surface area (Å²) < 4.78 is 22.5. The minimum atomic E-state index is -1.92. The number of rotatable bonds is 4. The lowest BCUT2D eigenvalue weighted by atomic mass is 9.64. The van der Waals surface area contributed by atoms with E-state index >= 15 is 0 Å². The maximum Gasteiger partial charge on any atom is 0.330 e. The van der Waals surface area contributed by atoms with E-state index in [0.717, 1.165) is 5.56 Å². The predicted molar refractivity (Wildman–Crippen MR) is 138 cm³/mol. The normalized spacial score (nSPS) is 24.8. The highest BCUT2D eigenvalue weighted by Crippen LogP contribution is 2.63. The van der Waals surface area contributed by atoms with Gasteiger partial charge in [0.2, 0.25) is 5.41 Å². The van der Waals surface area contributed by atoms with Crippen molar-refractivity contribution in [2.45, 2.75) is 58.4 Å². The summed E-state index contributed by atoms with van der Waals surface area (Å²) in [5.74, 6) is -3.30. The molecule has 1 spiro atoms. The van der Waals surface area contributed by atoms with E-state index in [9.17, 15) is 14.4 Å². The lowest BCUT2D eigenvalue weighted by Gasteiger charge is -2.44. The van der Waals surface area contributed by atoms with Crippen LogP contribution in [0.25, 0.3) is 0 Å². The number of methoxy groups -OCH3 is 2. The number of hydrogen-bond acceptors (Lipinski definition) is 9. The van der Waals surface area contributed by atoms with Crippen LogP contribution in [-0.2, 0) is 23.9 Å². The van der Waals surface area contributed by atoms with Crippen LogP contribution in [-0.4, -0.2) is 55.0 Å². The smallest absolute Gasteiger partial charge is 0.330 e. The zero-order valence-electron chi connectivity index (χ0n) is 22.6. The lowest BCUT2D eigenvalue weighted by Crippen LogP contribution is -2.58. The van der Waals surface area contributed by atoms with Crippen LogP contribution in [0.5, 0.6) is 11.5 Å². The largest absolute Gasteiger partial charge is 0.493 e. The van der Waals surface area contributed by atoms with E-state index in [0.29, 0.717) is 22.6 Å². The fraction of sp³-hybridized carbons (Fsp3) is 0.448. The first kappa shape index (κ1) is 25.8. The van der Waals surface area contributed by atoms with Crippen molar-refractivity contribution >= 4 is 23.9 Å². The summed E-state index contributed by atoms with van der Waals surface area (Å²) in [7, 11) is 3.02. The zero-order chi connectivity index (χ0) is 27.6. The molecule has 3 aliphatic rings. The highest BCUT2D eigenvalue weighted by atomic mass is 16.7. The summed E-state index contributed by atoms with van der Waals surface area (Å²) in [6.07, 6.45) is 1.66. The Morgan fingerprint density at radius 3 is 2.21 bits per heavy atom. The van der Waals surface area contributed by atoms with Gasteiger partial charge in [0.05, 0.1) is 20.4 Å². The van der Waals surface area contributed by atoms with Gasteiger partial charge in [-0.2, -0.15) is 5.10 Å². The maximum absolute atomic E-state index is 14.2. The molecule has 0 saturated carbocycles. The predicted octanol–water partition coefficient (Wildman–Crippen LogP) is 4.00. The molecule has 0 amide bonds. The first-order valence-electron chi connectivity index (χ1n) is 12.5. The second kappa shape index (κ2) is 8.58. The Labute approximate surface area is 221 Å². The molecule has 2 saturated heterocycles. The summed E-state index contributed by atoms with van der Waals surface area (Å²) >= 11 is 0. The molecule has 2 aromatic carbocycles. The van der Waals surface area contributed by atoms with E-state index in [1.54, 1.807) is 29.4 Å². The number of fused-ring (bicyclic) bond motifs is 4. The molecule has 0 N–H and O–H groups in total. The molecular weight excluding hydrogens is 488 g/mol. The highest BCUT2D eigenvalue weighted by Gasteiger charge is 2.75. The first-order valence-corrected chi connectivity index (χ1v) is 12.5. The second-order valence-corrected chi connectivity index (χ2v) is 11.4. The molecule has 0 unspecified atom stereocenters. The number of esters is 2. The van der Waals surface area contributed by atoms with Crippen LogP contribution in [0.1, 0.15) is 63.3 Å². The van der Waals surface area contributed by atoms with Gasteiger partial charge in [-0.15, -0.1) is 0 Å². The van der Waals surface area contributed by atoms with E-state index in [-0.39, 0.29) is 5.78 Å². The second-order valence-electron chi connectivity index (χ2n) is 11.4. The molecule has 9 heteroatoms. The number of ketones is 1. The van der Waals surface area contributed by atoms with Gasteiger partial charge in [-0.05, 0) is 28.8 Å². The molecule has 3 aliphatic heterocycles. The van der Waals surface area contributed by atoms with Crippen molar-refractivity contribution in [3.05, 3.63) is 59.2 Å². The SMILES string of the molecule is COc1ccc([C@H]2[C@@H](C(=O)C(C)(C)C)N3N=Cc4ccccc4[C@@H]3C23C(=O)OC(C)(C)OC3=O)cc1OC. The Balaban J connectivity index is 1.86. The van der Waals surface area contributed by atoms with Gasteiger partial charge in [-0.25, -0.2) is 0 Å². The topological polar surface area (TPSA) is 104 Å². The number of Topliss-reactive ketones (excluding diaryl/α,β-unsaturated/α-hetero) is 1. The maximum atomic E-state index is 14.2. The average Bonchev–Trinajstić information content (AvgIpc) is 3.18. The number of hydrazone groups is 1. The lowest BCUT2D eigenvalue weighted by molar-refractivity contribution is -0.254. The molecule has 9 nitrogen and oxygen atoms in total. The van der Waals surface area contributed by atoms with Gasteiger partial charge in [0.25, 0.3) is 5.79 Å². The molecule has 0 aromatic heterocycles. The van der Waals surface area contributed by atoms with E-state index in [1.165, 1.54) is 28.1 Å². The van der Waals surface area contributed by atoms with Gasteiger partial charge in [0.1, 0.15) is 12.1 Å². The monoisotopic (exact) mass is 520 g/mol. The van der Waals surface area contributed by atoms with E-state index in [1.807, 2.05) is 45.0 Å². The molecule has 3 atom stereocenters. The van der Waals surface area contributed by atoms with E-state index < -0.39 is 46.6 Å². The van der Waals surface area contributed by atoms with Crippen molar-refractivity contribution < 1.29 is 33.3 Å². The minimum Gasteiger partial charge on any atom is -0.493 e. The van der Waals surface area contributed by atoms with Crippen molar-refractivity contribution in [3.8, 4) is 11.5 Å². The van der Waals surface area contributed by atoms with E-state index in [4.69, 9.17) is 18.9 Å². The van der Waals surface area contributed by atoms with E-state index in [2.05, 4.69) is 5.10 Å². The standard InChI is InChI=1S/C29H32N2O7/c1-27(2,3)24(32)22-21(16-12-13-19(35-6)20(14-16)36-7)29(25(33)37-28(4,5)38-26(29)34)23-18-11-9-8-10-17(18)15-30-31(22)23/h8-15,21-23H,1-7H3/t21-,22-,23+/m0/s1. The molecule has 3 heterocycles. The van der Waals surface area contributed by atoms with Crippen LogP contribution in [0, 0.1) is 10.8 Å². The number of cyclic esters (lactones) is 2. The molecule has 38 heavy (non-hydrogen) atoms. The fourth-order valence-corrected chi connectivity index (χ4v) is 5.88. The molecule has 200 valence electrons. The van der Waals surface area contributed by atoms with Crippen LogP contribution in [0.15, 0.2) is 47.6 Å². The Morgan fingerprint density at radius 2 is 1.61 bits per heavy atom. The quantitative estimate of drug-likeness (QED) is 0.440. The number of nitrogens with zero attached hydrogens (tertiary/aromatic N) is 2. The molecule has 0 radical (unpaired) electrons. The molecule has 0 bridgehead atoms. The minimum absolute atomic E-state index is 0.180. The highest BCUT2D eigenvalue weighted by molar-refractivity contribution is 6.07. The van der Waals surface area contributed by atoms with Crippen LogP contribution in [0.3, 0.4) is 0 Å². The van der Waals surface area contributed by atoms with Crippen molar-refractivity contribution in [2.75, 3.05) is 14.2 Å². The Kier molecular flexibility index (Phi) is 5.81. The van der Waals surface area contributed by atoms with Gasteiger partial charge in [0, 0.05) is 25.2 Å². The Morgan fingerprint density at radius 1 is 0.974 bits per heavy atom. The average molecular weight is 521 g/mol. The van der Waals surface area contributed by atoms with Crippen LogP contribution < -0.4 is 9.47 Å². The zero-order valence-corrected chi connectivity index (χ0v) is 22.6. The Bertz CT molecular complexity index is 1340. The number of ether oxygens (including phenoxy) is 4. The van der Waals surface area contributed by atoms with Crippen LogP contribution >= 0.6 is 0 Å². The van der Waals surface area contributed by atoms with Crippen molar-refractivity contribution in [2.24, 2.45) is 15.9 Å². The van der Waals surface area contributed by atoms with Gasteiger partial charge in [-0.3, -0.25) is 19.4 Å². The molecular formula is C29H32N2O7. The third kappa shape index (κ3) is 3.59. The molecule has 5 rings (SSSR count). The summed E-state index contributed by atoms with van der Waals surface area (Å²) in [5.41, 5.74) is -0.779. The summed E-state index contributed by atoms with van der Waals surface area (Å²) in [5, 5.41) is 6.27. The van der Waals surface area contributed by atoms with Gasteiger partial charge < -0.3 is 18.9 Å². The number of carbonyl (C=O) groups excluding carboxylic acids is 3. The van der Waals surface area contributed by atoms with Crippen LogP contribution in [0.4, 0.5) is 0 Å². The molecule has 0 aliphatic carbocycles. The Hall–Kier alpha value is -3.88. The summed E-state index contributed by atoms with van der Waals surface area (Å²) in [6.45, 7) is 8.45. The van der Waals surface area contributed by atoms with Crippen molar-refractivity contribution in [1.82, 2.24) is 5.01 Å². The summed E-state index contributed by atoms with van der Waals surface area (Å²) in [6, 6.07) is 10.6. The first-order chi connectivity index (χ1) is 17.9. The third-order valence-electron chi connectivity index (χ3n) is 7.53. The van der Waals surface area contributed by atoms with Gasteiger partial charge in [0.15, 0.2) is 17.3 Å². The summed E-state index contributed by atoms with van der Waals surface area (Å²) in [4.78, 5) is 42.6.